The van der Waals surface area contributed by atoms with Crippen LogP contribution in [-0.4, -0.2) is 22.3 Å². The van der Waals surface area contributed by atoms with Crippen LogP contribution in [0.3, 0.4) is 0 Å². The van der Waals surface area contributed by atoms with Crippen LogP contribution in [0.25, 0.3) is 0 Å². The van der Waals surface area contributed by atoms with Gasteiger partial charge in [-0.3, -0.25) is 4.79 Å². The fourth-order valence-corrected chi connectivity index (χ4v) is 2.75. The first kappa shape index (κ1) is 20.5. The molecular weight excluding hydrogens is 340 g/mol. The van der Waals surface area contributed by atoms with Crippen molar-refractivity contribution in [3.63, 3.8) is 0 Å². The molecule has 27 heavy (non-hydrogen) atoms. The Morgan fingerprint density at radius 2 is 1.52 bits per heavy atom. The number of carbonyl (C=O) groups excluding carboxylic acids is 1. The van der Waals surface area contributed by atoms with Crippen molar-refractivity contribution in [1.82, 2.24) is 5.43 Å². The van der Waals surface area contributed by atoms with Crippen LogP contribution in [0.2, 0.25) is 0 Å². The summed E-state index contributed by atoms with van der Waals surface area (Å²) in [7, 11) is 0. The van der Waals surface area contributed by atoms with E-state index in [1.165, 1.54) is 12.1 Å². The van der Waals surface area contributed by atoms with Gasteiger partial charge in [-0.1, -0.05) is 47.6 Å². The Bertz CT molecular complexity index is 837. The molecule has 0 unspecified atom stereocenters. The molecule has 144 valence electrons. The van der Waals surface area contributed by atoms with E-state index in [1.54, 1.807) is 18.3 Å². The maximum Gasteiger partial charge on any atom is 0.271 e. The van der Waals surface area contributed by atoms with Gasteiger partial charge in [0.05, 0.1) is 6.21 Å². The largest absolute Gasteiger partial charge is 0.508 e. The van der Waals surface area contributed by atoms with Crippen LogP contribution in [0.4, 0.5) is 0 Å². The third-order valence-corrected chi connectivity index (χ3v) is 4.24. The lowest BCUT2D eigenvalue weighted by Gasteiger charge is -2.27. The Hall–Kier alpha value is -2.82. The maximum atomic E-state index is 12.1. The first-order valence-electron chi connectivity index (χ1n) is 8.90. The standard InChI is InChI=1S/C22H28N2O3/c1-21(2,3)17-10-14(11-18(19(17)26)22(4,5)6)13-23-24-20(27)15-8-7-9-16(25)12-15/h7-13,25-26H,1-6H3,(H,24,27)/b23-13-. The summed E-state index contributed by atoms with van der Waals surface area (Å²) >= 11 is 0. The highest BCUT2D eigenvalue weighted by Gasteiger charge is 2.26. The Morgan fingerprint density at radius 3 is 2.00 bits per heavy atom. The molecule has 0 aromatic heterocycles. The lowest BCUT2D eigenvalue weighted by molar-refractivity contribution is 0.0954. The van der Waals surface area contributed by atoms with Crippen LogP contribution in [0.15, 0.2) is 41.5 Å². The molecule has 0 spiro atoms. The van der Waals surface area contributed by atoms with E-state index in [2.05, 4.69) is 10.5 Å². The van der Waals surface area contributed by atoms with E-state index in [0.29, 0.717) is 11.3 Å². The lowest BCUT2D eigenvalue weighted by atomic mass is 9.78. The highest BCUT2D eigenvalue weighted by molar-refractivity contribution is 5.95. The first-order chi connectivity index (χ1) is 12.4. The van der Waals surface area contributed by atoms with Gasteiger partial charge in [0.2, 0.25) is 0 Å². The number of aromatic hydroxyl groups is 2. The molecule has 0 bridgehead atoms. The van der Waals surface area contributed by atoms with Gasteiger partial charge in [0.15, 0.2) is 0 Å². The van der Waals surface area contributed by atoms with Crippen LogP contribution in [0.5, 0.6) is 11.5 Å². The zero-order valence-corrected chi connectivity index (χ0v) is 16.8. The molecule has 0 atom stereocenters. The van der Waals surface area contributed by atoms with Gasteiger partial charge in [-0.05, 0) is 46.7 Å². The molecule has 0 radical (unpaired) electrons. The van der Waals surface area contributed by atoms with Crippen LogP contribution >= 0.6 is 0 Å². The quantitative estimate of drug-likeness (QED) is 0.553. The van der Waals surface area contributed by atoms with E-state index in [1.807, 2.05) is 53.7 Å². The molecule has 0 saturated heterocycles. The number of hydrogen-bond acceptors (Lipinski definition) is 4. The molecule has 0 aliphatic rings. The van der Waals surface area contributed by atoms with Crippen molar-refractivity contribution < 1.29 is 15.0 Å². The summed E-state index contributed by atoms with van der Waals surface area (Å²) in [5, 5.41) is 24.2. The lowest BCUT2D eigenvalue weighted by Crippen LogP contribution is -2.19. The minimum absolute atomic E-state index is 0.0230. The summed E-state index contributed by atoms with van der Waals surface area (Å²) < 4.78 is 0. The average molecular weight is 368 g/mol. The highest BCUT2D eigenvalue weighted by Crippen LogP contribution is 2.39. The molecule has 3 N–H and O–H groups in total. The summed E-state index contributed by atoms with van der Waals surface area (Å²) in [6.07, 6.45) is 1.56. The van der Waals surface area contributed by atoms with Crippen molar-refractivity contribution in [2.45, 2.75) is 52.4 Å². The molecule has 2 aromatic carbocycles. The Labute approximate surface area is 160 Å². The first-order valence-corrected chi connectivity index (χ1v) is 8.90. The van der Waals surface area contributed by atoms with Crippen molar-refractivity contribution in [3.8, 4) is 11.5 Å². The summed E-state index contributed by atoms with van der Waals surface area (Å²) in [6.45, 7) is 12.2. The monoisotopic (exact) mass is 368 g/mol. The second-order valence-corrected chi connectivity index (χ2v) is 8.71. The SMILES string of the molecule is CC(C)(C)c1cc(/C=N\NC(=O)c2cccc(O)c2)cc(C(C)(C)C)c1O. The van der Waals surface area contributed by atoms with Gasteiger partial charge in [-0.2, -0.15) is 5.10 Å². The van der Waals surface area contributed by atoms with Gasteiger partial charge < -0.3 is 10.2 Å². The molecule has 2 aromatic rings. The number of hydrogen-bond donors (Lipinski definition) is 3. The molecular formula is C22H28N2O3. The van der Waals surface area contributed by atoms with Crippen LogP contribution in [0.1, 0.15) is 68.6 Å². The Balaban J connectivity index is 2.32. The van der Waals surface area contributed by atoms with Gasteiger partial charge in [0, 0.05) is 16.7 Å². The molecule has 0 fully saturated rings. The number of carbonyl (C=O) groups is 1. The van der Waals surface area contributed by atoms with Crippen molar-refractivity contribution in [2.24, 2.45) is 5.10 Å². The number of hydrazone groups is 1. The number of amides is 1. The third-order valence-electron chi connectivity index (χ3n) is 4.24. The summed E-state index contributed by atoms with van der Waals surface area (Å²) in [5.41, 5.74) is 4.76. The molecule has 0 aliphatic heterocycles. The number of phenols is 2. The van der Waals surface area contributed by atoms with Crippen LogP contribution < -0.4 is 5.43 Å². The van der Waals surface area contributed by atoms with E-state index in [9.17, 15) is 15.0 Å². The van der Waals surface area contributed by atoms with E-state index < -0.39 is 5.91 Å². The zero-order valence-electron chi connectivity index (χ0n) is 16.8. The third kappa shape index (κ3) is 5.09. The fourth-order valence-electron chi connectivity index (χ4n) is 2.75. The topological polar surface area (TPSA) is 81.9 Å². The molecule has 0 aliphatic carbocycles. The maximum absolute atomic E-state index is 12.1. The van der Waals surface area contributed by atoms with E-state index >= 15 is 0 Å². The van der Waals surface area contributed by atoms with Crippen LogP contribution in [0, 0.1) is 0 Å². The van der Waals surface area contributed by atoms with Gasteiger partial charge in [-0.15, -0.1) is 0 Å². The zero-order chi connectivity index (χ0) is 20.4. The second kappa shape index (κ2) is 7.43. The van der Waals surface area contributed by atoms with Gasteiger partial charge in [-0.25, -0.2) is 5.43 Å². The van der Waals surface area contributed by atoms with Crippen molar-refractivity contribution in [2.75, 3.05) is 0 Å². The van der Waals surface area contributed by atoms with Crippen molar-refractivity contribution >= 4 is 12.1 Å². The molecule has 0 heterocycles. The summed E-state index contributed by atoms with van der Waals surface area (Å²) in [6, 6.07) is 9.84. The molecule has 1 amide bonds. The van der Waals surface area contributed by atoms with Crippen molar-refractivity contribution in [1.29, 1.82) is 0 Å². The minimum Gasteiger partial charge on any atom is -0.508 e. The summed E-state index contributed by atoms with van der Waals surface area (Å²) in [5.74, 6) is -0.0845. The predicted molar refractivity (Wildman–Crippen MR) is 109 cm³/mol. The van der Waals surface area contributed by atoms with E-state index in [0.717, 1.165) is 16.7 Å². The highest BCUT2D eigenvalue weighted by atomic mass is 16.3. The smallest absolute Gasteiger partial charge is 0.271 e. The number of rotatable bonds is 3. The van der Waals surface area contributed by atoms with Crippen LogP contribution in [-0.2, 0) is 10.8 Å². The molecule has 0 saturated carbocycles. The van der Waals surface area contributed by atoms with Crippen molar-refractivity contribution in [3.05, 3.63) is 58.7 Å². The normalized spacial score (nSPS) is 12.4. The molecule has 2 rings (SSSR count). The minimum atomic E-state index is -0.409. The second-order valence-electron chi connectivity index (χ2n) is 8.71. The number of benzene rings is 2. The Kier molecular flexibility index (Phi) is 5.64. The van der Waals surface area contributed by atoms with Gasteiger partial charge >= 0.3 is 0 Å². The van der Waals surface area contributed by atoms with Gasteiger partial charge in [0.25, 0.3) is 5.91 Å². The van der Waals surface area contributed by atoms with Gasteiger partial charge in [0.1, 0.15) is 11.5 Å². The number of phenolic OH excluding ortho intramolecular Hbond substituents is 2. The predicted octanol–water partition coefficient (Wildman–Crippen LogP) is 4.46. The molecule has 5 heteroatoms. The number of nitrogens with zero attached hydrogens (tertiary/aromatic N) is 1. The summed E-state index contributed by atoms with van der Waals surface area (Å²) in [4.78, 5) is 12.1. The van der Waals surface area contributed by atoms with E-state index in [4.69, 9.17) is 0 Å². The fraction of sp³-hybridized carbons (Fsp3) is 0.364. The van der Waals surface area contributed by atoms with E-state index in [-0.39, 0.29) is 16.6 Å². The Morgan fingerprint density at radius 1 is 0.963 bits per heavy atom. The number of nitrogens with one attached hydrogen (secondary N) is 1. The molecule has 5 nitrogen and oxygen atoms in total. The average Bonchev–Trinajstić information content (AvgIpc) is 2.53.